The number of amides is 2. The van der Waals surface area contributed by atoms with Gasteiger partial charge in [0.1, 0.15) is 11.5 Å². The Kier molecular flexibility index (Phi) is 5.37. The van der Waals surface area contributed by atoms with Crippen LogP contribution in [0.5, 0.6) is 0 Å². The summed E-state index contributed by atoms with van der Waals surface area (Å²) in [5.41, 5.74) is 2.84. The molecular weight excluding hydrogens is 322 g/mol. The zero-order valence-electron chi connectivity index (χ0n) is 12.2. The van der Waals surface area contributed by atoms with E-state index >= 15 is 0 Å². The van der Waals surface area contributed by atoms with Crippen molar-refractivity contribution in [2.75, 3.05) is 6.54 Å². The number of carbonyl (C=O) groups excluding carboxylic acids is 1. The van der Waals surface area contributed by atoms with Crippen LogP contribution in [0.25, 0.3) is 11.3 Å². The van der Waals surface area contributed by atoms with E-state index < -0.39 is 12.0 Å². The van der Waals surface area contributed by atoms with Crippen molar-refractivity contribution < 1.29 is 19.1 Å². The molecule has 0 unspecified atom stereocenters. The molecule has 2 rings (SSSR count). The molecule has 0 bridgehead atoms. The highest BCUT2D eigenvalue weighted by Gasteiger charge is 2.12. The molecule has 2 aromatic rings. The van der Waals surface area contributed by atoms with Crippen LogP contribution in [0.3, 0.4) is 0 Å². The molecule has 2 amide bonds. The first-order valence-corrected chi connectivity index (χ1v) is 7.09. The molecule has 0 radical (unpaired) electrons. The van der Waals surface area contributed by atoms with Crippen LogP contribution in [0, 0.1) is 0 Å². The number of carboxylic acid groups (broad SMARTS) is 1. The fourth-order valence-corrected chi connectivity index (χ4v) is 1.97. The molecule has 1 heterocycles. The molecule has 7 nitrogen and oxygen atoms in total. The smallest absolute Gasteiger partial charge is 0.337 e. The van der Waals surface area contributed by atoms with Gasteiger partial charge >= 0.3 is 12.0 Å². The molecule has 0 aliphatic heterocycles. The second-order valence-corrected chi connectivity index (χ2v) is 4.84. The zero-order chi connectivity index (χ0) is 16.8. The number of halogens is 1. The van der Waals surface area contributed by atoms with Crippen LogP contribution in [0.1, 0.15) is 23.0 Å². The quantitative estimate of drug-likeness (QED) is 0.577. The van der Waals surface area contributed by atoms with Gasteiger partial charge in [0.2, 0.25) is 0 Å². The number of hydrazone groups is 1. The summed E-state index contributed by atoms with van der Waals surface area (Å²) in [5, 5.41) is 15.5. The van der Waals surface area contributed by atoms with Crippen molar-refractivity contribution in [1.29, 1.82) is 0 Å². The Labute approximate surface area is 136 Å². The van der Waals surface area contributed by atoms with Gasteiger partial charge in [-0.25, -0.2) is 15.0 Å². The molecule has 0 saturated heterocycles. The van der Waals surface area contributed by atoms with Gasteiger partial charge < -0.3 is 14.8 Å². The number of hydrogen-bond donors (Lipinski definition) is 3. The standard InChI is InChI=1S/C15H14ClN3O4/c1-2-17-15(22)19-18-8-10-4-6-13(23-10)9-3-5-12(16)11(7-9)14(20)21/h3-8H,2H2,1H3,(H,20,21)(H2,17,19,22)/b18-8+. The van der Waals surface area contributed by atoms with Crippen molar-refractivity contribution in [3.05, 3.63) is 46.7 Å². The summed E-state index contributed by atoms with van der Waals surface area (Å²) in [6.07, 6.45) is 1.34. The molecule has 1 aromatic carbocycles. The largest absolute Gasteiger partial charge is 0.478 e. The molecule has 0 aliphatic rings. The number of benzene rings is 1. The van der Waals surface area contributed by atoms with Crippen molar-refractivity contribution in [1.82, 2.24) is 10.7 Å². The molecule has 0 atom stereocenters. The van der Waals surface area contributed by atoms with Crippen molar-refractivity contribution in [2.24, 2.45) is 5.10 Å². The fraction of sp³-hybridized carbons (Fsp3) is 0.133. The average molecular weight is 336 g/mol. The summed E-state index contributed by atoms with van der Waals surface area (Å²) < 4.78 is 5.53. The summed E-state index contributed by atoms with van der Waals surface area (Å²) in [6.45, 7) is 2.29. The lowest BCUT2D eigenvalue weighted by molar-refractivity contribution is 0.0697. The SMILES string of the molecule is CCNC(=O)N/N=C/c1ccc(-c2ccc(Cl)c(C(=O)O)c2)o1. The third-order valence-corrected chi connectivity index (χ3v) is 3.13. The summed E-state index contributed by atoms with van der Waals surface area (Å²) >= 11 is 5.83. The lowest BCUT2D eigenvalue weighted by Gasteiger charge is -2.02. The van der Waals surface area contributed by atoms with Gasteiger partial charge in [-0.15, -0.1) is 0 Å². The Hall–Kier alpha value is -2.80. The van der Waals surface area contributed by atoms with Gasteiger partial charge in [0.05, 0.1) is 16.8 Å². The van der Waals surface area contributed by atoms with Crippen LogP contribution in [-0.4, -0.2) is 29.9 Å². The van der Waals surface area contributed by atoms with E-state index in [4.69, 9.17) is 21.1 Å². The number of carboxylic acids is 1. The first-order valence-electron chi connectivity index (χ1n) is 6.71. The van der Waals surface area contributed by atoms with Crippen LogP contribution < -0.4 is 10.7 Å². The van der Waals surface area contributed by atoms with E-state index in [1.165, 1.54) is 18.3 Å². The zero-order valence-corrected chi connectivity index (χ0v) is 12.9. The summed E-state index contributed by atoms with van der Waals surface area (Å²) in [5.74, 6) is -0.247. The van der Waals surface area contributed by atoms with Crippen molar-refractivity contribution in [2.45, 2.75) is 6.92 Å². The highest BCUT2D eigenvalue weighted by Crippen LogP contribution is 2.26. The molecule has 0 fully saturated rings. The van der Waals surface area contributed by atoms with E-state index in [0.29, 0.717) is 23.6 Å². The number of nitrogens with one attached hydrogen (secondary N) is 2. The number of furan rings is 1. The maximum Gasteiger partial charge on any atom is 0.337 e. The normalized spacial score (nSPS) is 10.7. The molecule has 8 heteroatoms. The van der Waals surface area contributed by atoms with Crippen LogP contribution in [0.4, 0.5) is 4.79 Å². The van der Waals surface area contributed by atoms with Crippen molar-refractivity contribution >= 4 is 29.8 Å². The van der Waals surface area contributed by atoms with E-state index in [-0.39, 0.29) is 10.6 Å². The Morgan fingerprint density at radius 2 is 2.13 bits per heavy atom. The van der Waals surface area contributed by atoms with E-state index in [0.717, 1.165) is 0 Å². The minimum Gasteiger partial charge on any atom is -0.478 e. The number of urea groups is 1. The average Bonchev–Trinajstić information content (AvgIpc) is 2.96. The molecule has 120 valence electrons. The minimum absolute atomic E-state index is 0.00585. The fourth-order valence-electron chi connectivity index (χ4n) is 1.77. The molecule has 0 spiro atoms. The predicted molar refractivity (Wildman–Crippen MR) is 85.9 cm³/mol. The minimum atomic E-state index is -1.11. The van der Waals surface area contributed by atoms with Crippen molar-refractivity contribution in [3.8, 4) is 11.3 Å². The third-order valence-electron chi connectivity index (χ3n) is 2.80. The third kappa shape index (κ3) is 4.33. The summed E-state index contributed by atoms with van der Waals surface area (Å²) in [6, 6.07) is 7.47. The first-order chi connectivity index (χ1) is 11.0. The van der Waals surface area contributed by atoms with Gasteiger partial charge in [-0.05, 0) is 37.3 Å². The molecule has 0 aliphatic carbocycles. The van der Waals surface area contributed by atoms with E-state index in [1.807, 2.05) is 0 Å². The number of aromatic carboxylic acids is 1. The van der Waals surface area contributed by atoms with Crippen LogP contribution in [-0.2, 0) is 0 Å². The van der Waals surface area contributed by atoms with Gasteiger partial charge in [-0.2, -0.15) is 5.10 Å². The predicted octanol–water partition coefficient (Wildman–Crippen LogP) is 2.95. The lowest BCUT2D eigenvalue weighted by atomic mass is 10.1. The Morgan fingerprint density at radius 3 is 2.83 bits per heavy atom. The Balaban J connectivity index is 2.13. The summed E-state index contributed by atoms with van der Waals surface area (Å²) in [4.78, 5) is 22.2. The van der Waals surface area contributed by atoms with Crippen molar-refractivity contribution in [3.63, 3.8) is 0 Å². The maximum atomic E-state index is 11.2. The first kappa shape index (κ1) is 16.6. The molecule has 1 aromatic heterocycles. The topological polar surface area (TPSA) is 104 Å². The highest BCUT2D eigenvalue weighted by molar-refractivity contribution is 6.33. The number of carbonyl (C=O) groups is 2. The molecule has 3 N–H and O–H groups in total. The van der Waals surface area contributed by atoms with Gasteiger partial charge in [0.15, 0.2) is 0 Å². The van der Waals surface area contributed by atoms with Gasteiger partial charge in [-0.3, -0.25) is 0 Å². The Morgan fingerprint density at radius 1 is 1.35 bits per heavy atom. The van der Waals surface area contributed by atoms with E-state index in [2.05, 4.69) is 15.8 Å². The van der Waals surface area contributed by atoms with Gasteiger partial charge in [-0.1, -0.05) is 11.6 Å². The number of hydrogen-bond acceptors (Lipinski definition) is 4. The van der Waals surface area contributed by atoms with E-state index in [1.54, 1.807) is 25.1 Å². The second kappa shape index (κ2) is 7.46. The number of nitrogens with zero attached hydrogens (tertiary/aromatic N) is 1. The lowest BCUT2D eigenvalue weighted by Crippen LogP contribution is -2.31. The van der Waals surface area contributed by atoms with Gasteiger partial charge in [0.25, 0.3) is 0 Å². The molecule has 0 saturated carbocycles. The van der Waals surface area contributed by atoms with Crippen LogP contribution in [0.15, 0.2) is 39.9 Å². The van der Waals surface area contributed by atoms with Crippen LogP contribution in [0.2, 0.25) is 5.02 Å². The molecular formula is C15H14ClN3O4. The summed E-state index contributed by atoms with van der Waals surface area (Å²) in [7, 11) is 0. The monoisotopic (exact) mass is 335 g/mol. The maximum absolute atomic E-state index is 11.2. The Bertz CT molecular complexity index is 755. The highest BCUT2D eigenvalue weighted by atomic mass is 35.5. The van der Waals surface area contributed by atoms with Gasteiger partial charge in [0, 0.05) is 12.1 Å². The second-order valence-electron chi connectivity index (χ2n) is 4.43. The van der Waals surface area contributed by atoms with E-state index in [9.17, 15) is 9.59 Å². The van der Waals surface area contributed by atoms with Crippen LogP contribution >= 0.6 is 11.6 Å². The number of rotatable bonds is 5. The molecule has 23 heavy (non-hydrogen) atoms.